The van der Waals surface area contributed by atoms with Crippen molar-refractivity contribution in [3.63, 3.8) is 0 Å². The lowest BCUT2D eigenvalue weighted by Gasteiger charge is -2.26. The van der Waals surface area contributed by atoms with E-state index >= 15 is 0 Å². The van der Waals surface area contributed by atoms with Crippen LogP contribution >= 0.6 is 11.3 Å². The lowest BCUT2D eigenvalue weighted by atomic mass is 10.1. The van der Waals surface area contributed by atoms with Crippen LogP contribution in [0.1, 0.15) is 0 Å². The van der Waals surface area contributed by atoms with Crippen molar-refractivity contribution in [2.75, 3.05) is 9.80 Å². The minimum atomic E-state index is 0.791. The summed E-state index contributed by atoms with van der Waals surface area (Å²) in [6.07, 6.45) is 0. The molecule has 0 aliphatic rings. The summed E-state index contributed by atoms with van der Waals surface area (Å²) in [5.41, 5.74) is 12.7. The highest BCUT2D eigenvalue weighted by Crippen LogP contribution is 2.47. The molecule has 6 nitrogen and oxygen atoms in total. The molecule has 0 radical (unpaired) electrons. The molecule has 0 bridgehead atoms. The van der Waals surface area contributed by atoms with Crippen molar-refractivity contribution in [3.8, 4) is 0 Å². The first-order valence-electron chi connectivity index (χ1n) is 22.4. The number of benzene rings is 10. The Morgan fingerprint density at radius 3 is 1.24 bits per heavy atom. The van der Waals surface area contributed by atoms with Crippen molar-refractivity contribution >= 4 is 153 Å². The van der Waals surface area contributed by atoms with E-state index in [4.69, 9.17) is 17.7 Å². The Morgan fingerprint density at radius 1 is 0.254 bits per heavy atom. The quantitative estimate of drug-likeness (QED) is 0.166. The number of fused-ring (bicyclic) bond motifs is 15. The second-order valence-electron chi connectivity index (χ2n) is 17.2. The van der Waals surface area contributed by atoms with Gasteiger partial charge in [-0.25, -0.2) is 0 Å². The topological polar surface area (TPSA) is 59.0 Å². The lowest BCUT2D eigenvalue weighted by Crippen LogP contribution is -2.09. The van der Waals surface area contributed by atoms with Crippen molar-refractivity contribution in [1.82, 2.24) is 0 Å². The number of hydrogen-bond donors (Lipinski definition) is 0. The number of thiophene rings is 1. The van der Waals surface area contributed by atoms with E-state index in [1.165, 1.54) is 20.2 Å². The highest BCUT2D eigenvalue weighted by Gasteiger charge is 2.22. The molecule has 0 saturated carbocycles. The minimum absolute atomic E-state index is 0.791. The number of furan rings is 4. The van der Waals surface area contributed by atoms with Gasteiger partial charge < -0.3 is 27.5 Å². The van der Waals surface area contributed by atoms with Gasteiger partial charge in [0.1, 0.15) is 44.7 Å². The number of hydrogen-bond acceptors (Lipinski definition) is 7. The van der Waals surface area contributed by atoms with E-state index in [2.05, 4.69) is 192 Å². The Balaban J connectivity index is 0.834. The molecule has 7 heteroatoms. The summed E-state index contributed by atoms with van der Waals surface area (Å²) in [6.45, 7) is 0. The molecule has 0 spiro atoms. The van der Waals surface area contributed by atoms with Gasteiger partial charge in [-0.05, 0) is 103 Å². The van der Waals surface area contributed by atoms with Crippen molar-refractivity contribution in [2.45, 2.75) is 0 Å². The first-order chi connectivity index (χ1) is 33.2. The molecular formula is C60H34N2O4S. The van der Waals surface area contributed by atoms with Crippen molar-refractivity contribution < 1.29 is 17.7 Å². The van der Waals surface area contributed by atoms with E-state index in [0.717, 1.165) is 122 Å². The molecule has 67 heavy (non-hydrogen) atoms. The molecule has 0 aliphatic heterocycles. The minimum Gasteiger partial charge on any atom is -0.456 e. The van der Waals surface area contributed by atoms with Crippen LogP contribution in [0.2, 0.25) is 0 Å². The predicted octanol–water partition coefficient (Wildman–Crippen LogP) is 18.6. The lowest BCUT2D eigenvalue weighted by molar-refractivity contribution is 0.662. The highest BCUT2D eigenvalue weighted by atomic mass is 32.1. The molecule has 0 unspecified atom stereocenters. The number of para-hydroxylation sites is 3. The molecule has 5 aromatic heterocycles. The molecule has 0 aliphatic carbocycles. The first kappa shape index (κ1) is 36.5. The average molecular weight is 879 g/mol. The van der Waals surface area contributed by atoms with Crippen LogP contribution in [0.15, 0.2) is 224 Å². The molecule has 15 rings (SSSR count). The Hall–Kier alpha value is -8.78. The van der Waals surface area contributed by atoms with E-state index in [1.807, 2.05) is 35.6 Å². The first-order valence-corrected chi connectivity index (χ1v) is 23.2. The third kappa shape index (κ3) is 5.49. The smallest absolute Gasteiger partial charge is 0.137 e. The SMILES string of the molecule is c1ccc(N(c2ccc3c(c2)oc2ccccc23)c2ccc3c(c2)oc2cc4c(cc23)oc2cc3c(cc24)oc2cc(N(c4ccccc4)c4cccc5c4sc4ccccc45)ccc23)cc1. The molecule has 0 saturated heterocycles. The van der Waals surface area contributed by atoms with E-state index in [1.54, 1.807) is 0 Å². The number of anilines is 6. The maximum atomic E-state index is 6.76. The average Bonchev–Trinajstić information content (AvgIpc) is 4.19. The standard InChI is InChI=1S/C60H34N2O4S/c1-3-12-35(13-4-1)61(37-22-25-41-40-16-7-9-20-51(40)63-52(41)28-37)38-23-26-42-46-31-57-48(33-55(46)64-53(42)29-38)49-34-56-47(32-58(49)66-57)43-27-24-39(30-54(43)65-56)62(36-14-5-2-6-15-36)50-19-11-18-45-44-17-8-10-21-59(44)67-60(45)50/h1-34H. The monoisotopic (exact) mass is 878 g/mol. The van der Waals surface area contributed by atoms with Gasteiger partial charge in [0.2, 0.25) is 0 Å². The van der Waals surface area contributed by atoms with Crippen LogP contribution in [0.5, 0.6) is 0 Å². The van der Waals surface area contributed by atoms with Gasteiger partial charge >= 0.3 is 0 Å². The van der Waals surface area contributed by atoms with Crippen LogP contribution in [-0.2, 0) is 0 Å². The molecule has 0 fully saturated rings. The maximum Gasteiger partial charge on any atom is 0.137 e. The number of rotatable bonds is 6. The molecule has 0 amide bonds. The Bertz CT molecular complexity index is 4480. The van der Waals surface area contributed by atoms with E-state index < -0.39 is 0 Å². The highest BCUT2D eigenvalue weighted by molar-refractivity contribution is 7.26. The Morgan fingerprint density at radius 2 is 0.657 bits per heavy atom. The van der Waals surface area contributed by atoms with Gasteiger partial charge in [-0.15, -0.1) is 11.3 Å². The van der Waals surface area contributed by atoms with E-state index in [0.29, 0.717) is 0 Å². The fraction of sp³-hybridized carbons (Fsp3) is 0. The summed E-state index contributed by atoms with van der Waals surface area (Å²) in [5.74, 6) is 0. The summed E-state index contributed by atoms with van der Waals surface area (Å²) in [5, 5.41) is 10.7. The van der Waals surface area contributed by atoms with Crippen LogP contribution in [0, 0.1) is 0 Å². The van der Waals surface area contributed by atoms with Gasteiger partial charge in [0.15, 0.2) is 0 Å². The second kappa shape index (κ2) is 13.9. The normalized spacial score (nSPS) is 12.2. The Labute approximate surface area is 385 Å². The molecule has 10 aromatic carbocycles. The van der Waals surface area contributed by atoms with Crippen LogP contribution in [0.25, 0.3) is 108 Å². The molecule has 0 N–H and O–H groups in total. The van der Waals surface area contributed by atoms with Crippen molar-refractivity contribution in [1.29, 1.82) is 0 Å². The zero-order valence-electron chi connectivity index (χ0n) is 35.6. The summed E-state index contributed by atoms with van der Waals surface area (Å²) in [6, 6.07) is 72.3. The van der Waals surface area contributed by atoms with E-state index in [9.17, 15) is 0 Å². The van der Waals surface area contributed by atoms with Gasteiger partial charge in [0.05, 0.1) is 10.4 Å². The van der Waals surface area contributed by atoms with Crippen LogP contribution in [0.3, 0.4) is 0 Å². The maximum absolute atomic E-state index is 6.76. The Kier molecular flexibility index (Phi) is 7.56. The zero-order chi connectivity index (χ0) is 43.7. The molecular weight excluding hydrogens is 845 g/mol. The van der Waals surface area contributed by atoms with Crippen LogP contribution in [0.4, 0.5) is 34.1 Å². The van der Waals surface area contributed by atoms with Crippen LogP contribution in [-0.4, -0.2) is 0 Å². The van der Waals surface area contributed by atoms with Crippen molar-refractivity contribution in [3.05, 3.63) is 206 Å². The van der Waals surface area contributed by atoms with Crippen molar-refractivity contribution in [2.24, 2.45) is 0 Å². The number of nitrogens with zero attached hydrogens (tertiary/aromatic N) is 2. The van der Waals surface area contributed by atoms with E-state index in [-0.39, 0.29) is 0 Å². The van der Waals surface area contributed by atoms with Gasteiger partial charge in [0.25, 0.3) is 0 Å². The molecule has 314 valence electrons. The third-order valence-corrected chi connectivity index (χ3v) is 14.6. The second-order valence-corrected chi connectivity index (χ2v) is 18.3. The van der Waals surface area contributed by atoms with Crippen LogP contribution < -0.4 is 9.80 Å². The summed E-state index contributed by atoms with van der Waals surface area (Å²) >= 11 is 1.83. The fourth-order valence-corrected chi connectivity index (χ4v) is 11.6. The molecule has 15 aromatic rings. The van der Waals surface area contributed by atoms with Gasteiger partial charge in [-0.2, -0.15) is 0 Å². The van der Waals surface area contributed by atoms with Gasteiger partial charge in [-0.1, -0.05) is 84.9 Å². The van der Waals surface area contributed by atoms with Gasteiger partial charge in [0, 0.05) is 105 Å². The van der Waals surface area contributed by atoms with Gasteiger partial charge in [-0.3, -0.25) is 0 Å². The summed E-state index contributed by atoms with van der Waals surface area (Å²) in [4.78, 5) is 4.58. The third-order valence-electron chi connectivity index (χ3n) is 13.4. The summed E-state index contributed by atoms with van der Waals surface area (Å²) in [7, 11) is 0. The summed E-state index contributed by atoms with van der Waals surface area (Å²) < 4.78 is 29.0. The predicted molar refractivity (Wildman–Crippen MR) is 278 cm³/mol. The molecule has 5 heterocycles. The fourth-order valence-electron chi connectivity index (χ4n) is 10.4. The zero-order valence-corrected chi connectivity index (χ0v) is 36.4. The molecule has 0 atom stereocenters. The largest absolute Gasteiger partial charge is 0.456 e.